The van der Waals surface area contributed by atoms with Gasteiger partial charge in [0.2, 0.25) is 0 Å². The monoisotopic (exact) mass is 435 g/mol. The SMILES string of the molecule is Cc1ccc(CN(CCC(C)C)Cc2ccc(C(=O)NCCc3ccccn3)cc2)s1. The van der Waals surface area contributed by atoms with Crippen LogP contribution in [-0.4, -0.2) is 28.9 Å². The molecule has 0 bridgehead atoms. The van der Waals surface area contributed by atoms with Gasteiger partial charge in [-0.3, -0.25) is 14.7 Å². The molecule has 2 aromatic heterocycles. The minimum atomic E-state index is -0.0341. The maximum atomic E-state index is 12.4. The Balaban J connectivity index is 1.54. The summed E-state index contributed by atoms with van der Waals surface area (Å²) < 4.78 is 0. The third kappa shape index (κ3) is 7.93. The summed E-state index contributed by atoms with van der Waals surface area (Å²) in [5.41, 5.74) is 2.93. The standard InChI is InChI=1S/C26H33N3OS/c1-20(2)14-17-29(19-25-12-7-21(3)31-25)18-22-8-10-23(11-9-22)26(30)28-16-13-24-6-4-5-15-27-24/h4-12,15,20H,13-14,16-19H2,1-3H3,(H,28,30). The first-order chi connectivity index (χ1) is 15.0. The fraction of sp³-hybridized carbons (Fsp3) is 0.385. The number of aromatic nitrogens is 1. The largest absolute Gasteiger partial charge is 0.352 e. The van der Waals surface area contributed by atoms with Crippen LogP contribution >= 0.6 is 11.3 Å². The molecule has 0 saturated carbocycles. The molecule has 3 aromatic rings. The first kappa shape index (κ1) is 23.2. The van der Waals surface area contributed by atoms with Crippen LogP contribution in [0.5, 0.6) is 0 Å². The van der Waals surface area contributed by atoms with Gasteiger partial charge in [-0.25, -0.2) is 0 Å². The van der Waals surface area contributed by atoms with Crippen LogP contribution in [-0.2, 0) is 19.5 Å². The zero-order valence-electron chi connectivity index (χ0n) is 18.8. The topological polar surface area (TPSA) is 45.2 Å². The van der Waals surface area contributed by atoms with Crippen molar-refractivity contribution in [2.75, 3.05) is 13.1 Å². The molecule has 31 heavy (non-hydrogen) atoms. The summed E-state index contributed by atoms with van der Waals surface area (Å²) in [6.07, 6.45) is 3.69. The second-order valence-electron chi connectivity index (χ2n) is 8.43. The highest BCUT2D eigenvalue weighted by Gasteiger charge is 2.11. The van der Waals surface area contributed by atoms with E-state index >= 15 is 0 Å². The van der Waals surface area contributed by atoms with Gasteiger partial charge >= 0.3 is 0 Å². The van der Waals surface area contributed by atoms with Crippen LogP contribution in [0.2, 0.25) is 0 Å². The quantitative estimate of drug-likeness (QED) is 0.434. The molecule has 1 amide bonds. The number of pyridine rings is 1. The van der Waals surface area contributed by atoms with E-state index in [1.165, 1.54) is 21.7 Å². The molecule has 3 rings (SSSR count). The van der Waals surface area contributed by atoms with Crippen molar-refractivity contribution in [3.8, 4) is 0 Å². The van der Waals surface area contributed by atoms with E-state index < -0.39 is 0 Å². The second kappa shape index (κ2) is 11.8. The van der Waals surface area contributed by atoms with Crippen molar-refractivity contribution in [1.82, 2.24) is 15.2 Å². The van der Waals surface area contributed by atoms with Gasteiger partial charge in [0.25, 0.3) is 5.91 Å². The Labute approximate surface area is 190 Å². The van der Waals surface area contributed by atoms with Crippen LogP contribution in [0, 0.1) is 12.8 Å². The average Bonchev–Trinajstić information content (AvgIpc) is 3.17. The molecule has 0 aliphatic carbocycles. The average molecular weight is 436 g/mol. The Bertz CT molecular complexity index is 935. The van der Waals surface area contributed by atoms with Crippen molar-refractivity contribution in [3.05, 3.63) is 87.4 Å². The Morgan fingerprint density at radius 3 is 2.52 bits per heavy atom. The molecule has 0 saturated heterocycles. The molecule has 0 radical (unpaired) electrons. The number of nitrogens with zero attached hydrogens (tertiary/aromatic N) is 2. The Kier molecular flexibility index (Phi) is 8.80. The molecule has 1 N–H and O–H groups in total. The number of hydrogen-bond acceptors (Lipinski definition) is 4. The van der Waals surface area contributed by atoms with Gasteiger partial charge in [0.1, 0.15) is 0 Å². The fourth-order valence-corrected chi connectivity index (χ4v) is 4.35. The number of aryl methyl sites for hydroxylation is 1. The van der Waals surface area contributed by atoms with E-state index in [-0.39, 0.29) is 5.91 Å². The lowest BCUT2D eigenvalue weighted by molar-refractivity contribution is 0.0954. The molecule has 0 aliphatic rings. The number of carbonyl (C=O) groups is 1. The molecule has 1 aromatic carbocycles. The highest BCUT2D eigenvalue weighted by Crippen LogP contribution is 2.19. The summed E-state index contributed by atoms with van der Waals surface area (Å²) >= 11 is 1.87. The van der Waals surface area contributed by atoms with E-state index in [2.05, 4.69) is 60.2 Å². The normalized spacial score (nSPS) is 11.3. The molecule has 0 atom stereocenters. The van der Waals surface area contributed by atoms with Crippen molar-refractivity contribution in [1.29, 1.82) is 0 Å². The summed E-state index contributed by atoms with van der Waals surface area (Å²) in [5.74, 6) is 0.651. The summed E-state index contributed by atoms with van der Waals surface area (Å²) in [7, 11) is 0. The number of amides is 1. The molecule has 5 heteroatoms. The number of nitrogens with one attached hydrogen (secondary N) is 1. The number of carbonyl (C=O) groups excluding carboxylic acids is 1. The highest BCUT2D eigenvalue weighted by atomic mass is 32.1. The van der Waals surface area contributed by atoms with Crippen LogP contribution in [0.25, 0.3) is 0 Å². The van der Waals surface area contributed by atoms with E-state index in [4.69, 9.17) is 0 Å². The molecule has 164 valence electrons. The molecule has 0 fully saturated rings. The van der Waals surface area contributed by atoms with Crippen LogP contribution in [0.15, 0.2) is 60.8 Å². The van der Waals surface area contributed by atoms with E-state index in [1.807, 2.05) is 41.7 Å². The van der Waals surface area contributed by atoms with Crippen molar-refractivity contribution in [3.63, 3.8) is 0 Å². The summed E-state index contributed by atoms with van der Waals surface area (Å²) in [6, 6.07) is 18.3. The molecule has 4 nitrogen and oxygen atoms in total. The Hall–Kier alpha value is -2.50. The number of benzene rings is 1. The first-order valence-corrected chi connectivity index (χ1v) is 11.9. The van der Waals surface area contributed by atoms with Crippen LogP contribution in [0.4, 0.5) is 0 Å². The van der Waals surface area contributed by atoms with Gasteiger partial charge in [0.05, 0.1) is 0 Å². The summed E-state index contributed by atoms with van der Waals surface area (Å²) in [5, 5.41) is 2.99. The summed E-state index contributed by atoms with van der Waals surface area (Å²) in [4.78, 5) is 22.0. The molecule has 2 heterocycles. The fourth-order valence-electron chi connectivity index (χ4n) is 3.42. The van der Waals surface area contributed by atoms with Gasteiger partial charge in [-0.2, -0.15) is 0 Å². The van der Waals surface area contributed by atoms with Crippen molar-refractivity contribution in [2.45, 2.75) is 46.7 Å². The number of rotatable bonds is 11. The Morgan fingerprint density at radius 1 is 1.06 bits per heavy atom. The van der Waals surface area contributed by atoms with Crippen LogP contribution in [0.3, 0.4) is 0 Å². The predicted molar refractivity (Wildman–Crippen MR) is 129 cm³/mol. The molecule has 0 aliphatic heterocycles. The van der Waals surface area contributed by atoms with Gasteiger partial charge in [-0.15, -0.1) is 11.3 Å². The third-order valence-electron chi connectivity index (χ3n) is 5.21. The van der Waals surface area contributed by atoms with Crippen LogP contribution < -0.4 is 5.32 Å². The van der Waals surface area contributed by atoms with Gasteiger partial charge in [0.15, 0.2) is 0 Å². The lowest BCUT2D eigenvalue weighted by Gasteiger charge is -2.23. The zero-order chi connectivity index (χ0) is 22.1. The van der Waals surface area contributed by atoms with E-state index in [9.17, 15) is 4.79 Å². The lowest BCUT2D eigenvalue weighted by Crippen LogP contribution is -2.26. The van der Waals surface area contributed by atoms with E-state index in [1.54, 1.807) is 6.20 Å². The maximum Gasteiger partial charge on any atom is 0.251 e. The minimum absolute atomic E-state index is 0.0341. The molecule has 0 unspecified atom stereocenters. The van der Waals surface area contributed by atoms with Gasteiger partial charge in [-0.05, 0) is 67.8 Å². The van der Waals surface area contributed by atoms with Gasteiger partial charge < -0.3 is 5.32 Å². The smallest absolute Gasteiger partial charge is 0.251 e. The Morgan fingerprint density at radius 2 is 1.87 bits per heavy atom. The molecular formula is C26H33N3OS. The minimum Gasteiger partial charge on any atom is -0.352 e. The number of thiophene rings is 1. The molecular weight excluding hydrogens is 402 g/mol. The third-order valence-corrected chi connectivity index (χ3v) is 6.20. The maximum absolute atomic E-state index is 12.4. The zero-order valence-corrected chi connectivity index (χ0v) is 19.6. The van der Waals surface area contributed by atoms with Crippen molar-refractivity contribution < 1.29 is 4.79 Å². The van der Waals surface area contributed by atoms with E-state index in [0.29, 0.717) is 18.0 Å². The van der Waals surface area contributed by atoms with Crippen molar-refractivity contribution in [2.24, 2.45) is 5.92 Å². The summed E-state index contributed by atoms with van der Waals surface area (Å²) in [6.45, 7) is 10.2. The van der Waals surface area contributed by atoms with Crippen molar-refractivity contribution >= 4 is 17.2 Å². The molecule has 0 spiro atoms. The van der Waals surface area contributed by atoms with E-state index in [0.717, 1.165) is 31.7 Å². The first-order valence-electron chi connectivity index (χ1n) is 11.0. The van der Waals surface area contributed by atoms with Gasteiger partial charge in [0, 0.05) is 53.3 Å². The van der Waals surface area contributed by atoms with Crippen LogP contribution in [0.1, 0.15) is 51.6 Å². The second-order valence-corrected chi connectivity index (χ2v) is 9.80. The number of hydrogen-bond donors (Lipinski definition) is 1. The highest BCUT2D eigenvalue weighted by molar-refractivity contribution is 7.11. The predicted octanol–water partition coefficient (Wildman–Crippen LogP) is 5.47. The van der Waals surface area contributed by atoms with Gasteiger partial charge in [-0.1, -0.05) is 32.0 Å². The lowest BCUT2D eigenvalue weighted by atomic mass is 10.1.